The van der Waals surface area contributed by atoms with Crippen molar-refractivity contribution < 1.29 is 4.74 Å². The number of aliphatic imine (C=N–C) groups is 1. The number of nitrogens with one attached hydrogen (secondary N) is 1. The maximum Gasteiger partial charge on any atom is 0.193 e. The minimum Gasteiger partial charge on any atom is -0.497 e. The Morgan fingerprint density at radius 3 is 2.65 bits per heavy atom. The van der Waals surface area contributed by atoms with Crippen molar-refractivity contribution in [3.05, 3.63) is 29.8 Å². The van der Waals surface area contributed by atoms with Crippen LogP contribution in [0.4, 0.5) is 0 Å². The van der Waals surface area contributed by atoms with Crippen molar-refractivity contribution in [3.8, 4) is 5.75 Å². The number of halogens is 1. The molecule has 0 bridgehead atoms. The molecule has 1 heterocycles. The van der Waals surface area contributed by atoms with Crippen LogP contribution in [-0.4, -0.2) is 44.7 Å². The largest absolute Gasteiger partial charge is 0.497 e. The fourth-order valence-corrected chi connectivity index (χ4v) is 3.01. The number of hydrogen-bond donors (Lipinski definition) is 1. The van der Waals surface area contributed by atoms with Gasteiger partial charge in [0.1, 0.15) is 5.75 Å². The minimum atomic E-state index is 0. The highest BCUT2D eigenvalue weighted by atomic mass is 127. The van der Waals surface area contributed by atoms with Crippen LogP contribution >= 0.6 is 24.0 Å². The summed E-state index contributed by atoms with van der Waals surface area (Å²) in [6.45, 7) is 5.36. The van der Waals surface area contributed by atoms with Crippen molar-refractivity contribution >= 4 is 29.9 Å². The molecule has 1 aromatic rings. The molecule has 1 N–H and O–H groups in total. The Morgan fingerprint density at radius 1 is 1.30 bits per heavy atom. The SMILES string of the molecule is CCCCCNC(=NC)N1CCC(c2ccc(OC)cc2)C1.I. The number of ether oxygens (including phenoxy) is 1. The molecule has 0 saturated carbocycles. The Balaban J connectivity index is 0.00000264. The molecule has 4 nitrogen and oxygen atoms in total. The van der Waals surface area contributed by atoms with Gasteiger partial charge in [-0.25, -0.2) is 0 Å². The van der Waals surface area contributed by atoms with E-state index in [4.69, 9.17) is 4.74 Å². The van der Waals surface area contributed by atoms with Gasteiger partial charge in [-0.1, -0.05) is 31.9 Å². The van der Waals surface area contributed by atoms with Gasteiger partial charge in [0.05, 0.1) is 7.11 Å². The molecular weight excluding hydrogens is 401 g/mol. The van der Waals surface area contributed by atoms with Gasteiger partial charge >= 0.3 is 0 Å². The summed E-state index contributed by atoms with van der Waals surface area (Å²) < 4.78 is 5.23. The molecule has 0 aliphatic carbocycles. The lowest BCUT2D eigenvalue weighted by Crippen LogP contribution is -2.40. The van der Waals surface area contributed by atoms with E-state index in [9.17, 15) is 0 Å². The average molecular weight is 431 g/mol. The van der Waals surface area contributed by atoms with Gasteiger partial charge in [-0.3, -0.25) is 4.99 Å². The van der Waals surface area contributed by atoms with Gasteiger partial charge in [0, 0.05) is 32.6 Å². The molecule has 1 aromatic carbocycles. The van der Waals surface area contributed by atoms with Crippen LogP contribution in [0.15, 0.2) is 29.3 Å². The van der Waals surface area contributed by atoms with Gasteiger partial charge < -0.3 is 15.0 Å². The van der Waals surface area contributed by atoms with E-state index < -0.39 is 0 Å². The summed E-state index contributed by atoms with van der Waals surface area (Å²) >= 11 is 0. The third-order valence-electron chi connectivity index (χ3n) is 4.35. The number of nitrogens with zero attached hydrogens (tertiary/aromatic N) is 2. The van der Waals surface area contributed by atoms with E-state index in [0.29, 0.717) is 5.92 Å². The smallest absolute Gasteiger partial charge is 0.193 e. The summed E-state index contributed by atoms with van der Waals surface area (Å²) in [5.41, 5.74) is 1.39. The summed E-state index contributed by atoms with van der Waals surface area (Å²) in [5, 5.41) is 3.49. The first kappa shape index (κ1) is 20.1. The third-order valence-corrected chi connectivity index (χ3v) is 4.35. The van der Waals surface area contributed by atoms with E-state index in [1.807, 2.05) is 7.05 Å². The van der Waals surface area contributed by atoms with Crippen molar-refractivity contribution in [2.75, 3.05) is 33.8 Å². The summed E-state index contributed by atoms with van der Waals surface area (Å²) in [4.78, 5) is 6.81. The van der Waals surface area contributed by atoms with Crippen LogP contribution in [0.3, 0.4) is 0 Å². The van der Waals surface area contributed by atoms with Gasteiger partial charge in [-0.2, -0.15) is 0 Å². The van der Waals surface area contributed by atoms with Crippen molar-refractivity contribution in [1.29, 1.82) is 0 Å². The number of likely N-dealkylation sites (tertiary alicyclic amines) is 1. The Morgan fingerprint density at radius 2 is 2.04 bits per heavy atom. The molecule has 1 saturated heterocycles. The molecule has 5 heteroatoms. The zero-order chi connectivity index (χ0) is 15.8. The Kier molecular flexibility index (Phi) is 9.36. The zero-order valence-electron chi connectivity index (χ0n) is 14.5. The molecule has 0 aromatic heterocycles. The molecule has 1 aliphatic heterocycles. The first-order valence-corrected chi connectivity index (χ1v) is 8.38. The first-order chi connectivity index (χ1) is 10.8. The minimum absolute atomic E-state index is 0. The predicted octanol–water partition coefficient (Wildman–Crippen LogP) is 3.87. The molecule has 1 fully saturated rings. The molecule has 130 valence electrons. The highest BCUT2D eigenvalue weighted by Gasteiger charge is 2.25. The van der Waals surface area contributed by atoms with Gasteiger partial charge in [0.2, 0.25) is 0 Å². The summed E-state index contributed by atoms with van der Waals surface area (Å²) in [7, 11) is 3.59. The second kappa shape index (κ2) is 10.7. The Hall–Kier alpha value is -0.980. The van der Waals surface area contributed by atoms with E-state index in [1.54, 1.807) is 7.11 Å². The number of rotatable bonds is 6. The van der Waals surface area contributed by atoms with Crippen LogP contribution in [0.1, 0.15) is 44.1 Å². The van der Waals surface area contributed by atoms with Gasteiger partial charge in [0.25, 0.3) is 0 Å². The molecule has 0 amide bonds. The number of guanidine groups is 1. The first-order valence-electron chi connectivity index (χ1n) is 8.38. The van der Waals surface area contributed by atoms with Crippen molar-refractivity contribution in [1.82, 2.24) is 10.2 Å². The quantitative estimate of drug-likeness (QED) is 0.322. The van der Waals surface area contributed by atoms with Crippen molar-refractivity contribution in [2.24, 2.45) is 4.99 Å². The van der Waals surface area contributed by atoms with Crippen LogP contribution in [0.2, 0.25) is 0 Å². The van der Waals surface area contributed by atoms with E-state index >= 15 is 0 Å². The highest BCUT2D eigenvalue weighted by Crippen LogP contribution is 2.28. The normalized spacial score (nSPS) is 17.8. The van der Waals surface area contributed by atoms with E-state index in [-0.39, 0.29) is 24.0 Å². The molecule has 2 rings (SSSR count). The molecular formula is C18H30IN3O. The van der Waals surface area contributed by atoms with Crippen molar-refractivity contribution in [3.63, 3.8) is 0 Å². The average Bonchev–Trinajstić information content (AvgIpc) is 3.05. The fourth-order valence-electron chi connectivity index (χ4n) is 3.01. The fraction of sp³-hybridized carbons (Fsp3) is 0.611. The zero-order valence-corrected chi connectivity index (χ0v) is 16.9. The molecule has 1 unspecified atom stereocenters. The number of benzene rings is 1. The summed E-state index contributed by atoms with van der Waals surface area (Å²) in [6.07, 6.45) is 4.93. The van der Waals surface area contributed by atoms with Crippen LogP contribution in [0.25, 0.3) is 0 Å². The topological polar surface area (TPSA) is 36.9 Å². The summed E-state index contributed by atoms with van der Waals surface area (Å²) in [5.74, 6) is 2.55. The van der Waals surface area contributed by atoms with Crippen LogP contribution in [0.5, 0.6) is 5.75 Å². The molecule has 23 heavy (non-hydrogen) atoms. The highest BCUT2D eigenvalue weighted by molar-refractivity contribution is 14.0. The molecule has 0 spiro atoms. The van der Waals surface area contributed by atoms with Gasteiger partial charge in [-0.15, -0.1) is 24.0 Å². The standard InChI is InChI=1S/C18H29N3O.HI/c1-4-5-6-12-20-18(19-2)21-13-11-16(14-21)15-7-9-17(22-3)10-8-15;/h7-10,16H,4-6,11-14H2,1-3H3,(H,19,20);1H. The lowest BCUT2D eigenvalue weighted by Gasteiger charge is -2.21. The Bertz CT molecular complexity index is 476. The molecule has 1 atom stereocenters. The maximum absolute atomic E-state index is 5.23. The summed E-state index contributed by atoms with van der Waals surface area (Å²) in [6, 6.07) is 8.47. The number of methoxy groups -OCH3 is 1. The lowest BCUT2D eigenvalue weighted by atomic mass is 9.98. The monoisotopic (exact) mass is 431 g/mol. The van der Waals surface area contributed by atoms with Gasteiger partial charge in [-0.05, 0) is 30.5 Å². The van der Waals surface area contributed by atoms with E-state index in [0.717, 1.165) is 31.3 Å². The number of hydrogen-bond acceptors (Lipinski definition) is 2. The van der Waals surface area contributed by atoms with Crippen molar-refractivity contribution in [2.45, 2.75) is 38.5 Å². The van der Waals surface area contributed by atoms with E-state index in [1.165, 1.54) is 31.2 Å². The second-order valence-electron chi connectivity index (χ2n) is 5.89. The lowest BCUT2D eigenvalue weighted by molar-refractivity contribution is 0.414. The number of unbranched alkanes of at least 4 members (excludes halogenated alkanes) is 2. The van der Waals surface area contributed by atoms with E-state index in [2.05, 4.69) is 46.4 Å². The van der Waals surface area contributed by atoms with Crippen LogP contribution in [-0.2, 0) is 0 Å². The van der Waals surface area contributed by atoms with Crippen LogP contribution < -0.4 is 10.1 Å². The Labute approximate surface area is 157 Å². The van der Waals surface area contributed by atoms with Gasteiger partial charge in [0.15, 0.2) is 5.96 Å². The second-order valence-corrected chi connectivity index (χ2v) is 5.89. The molecule has 1 aliphatic rings. The predicted molar refractivity (Wildman–Crippen MR) is 108 cm³/mol. The molecule has 0 radical (unpaired) electrons. The maximum atomic E-state index is 5.23. The third kappa shape index (κ3) is 5.86. The van der Waals surface area contributed by atoms with Crippen LogP contribution in [0, 0.1) is 0 Å².